The second kappa shape index (κ2) is 8.51. The van der Waals surface area contributed by atoms with Crippen molar-refractivity contribution in [3.05, 3.63) is 34.4 Å². The molecule has 12 nitrogen and oxygen atoms in total. The maximum Gasteiger partial charge on any atom is 0.336 e. The van der Waals surface area contributed by atoms with Crippen LogP contribution in [0.15, 0.2) is 17.6 Å². The third-order valence-electron chi connectivity index (χ3n) is 7.58. The topological polar surface area (TPSA) is 139 Å². The van der Waals surface area contributed by atoms with E-state index in [1.807, 2.05) is 13.8 Å². The van der Waals surface area contributed by atoms with Crippen molar-refractivity contribution in [1.82, 2.24) is 40.2 Å². The number of piperidine rings is 1. The summed E-state index contributed by atoms with van der Waals surface area (Å²) in [6, 6.07) is 0. The highest BCUT2D eigenvalue weighted by Crippen LogP contribution is 2.44. The number of carbonyl (C=O) groups is 2. The molecule has 3 aliphatic heterocycles. The molecule has 0 bridgehead atoms. The Hall–Kier alpha value is -3.25. The highest BCUT2D eigenvalue weighted by Gasteiger charge is 2.50. The third kappa shape index (κ3) is 3.66. The minimum Gasteiger partial charge on any atom is -0.456 e. The fraction of sp³-hybridized carbons (Fsp3) is 0.591. The van der Waals surface area contributed by atoms with Crippen LogP contribution in [-0.2, 0) is 14.3 Å². The number of amides is 1. The zero-order chi connectivity index (χ0) is 24.0. The summed E-state index contributed by atoms with van der Waals surface area (Å²) in [7, 11) is 0. The van der Waals surface area contributed by atoms with E-state index in [1.54, 1.807) is 11.8 Å². The quantitative estimate of drug-likeness (QED) is 0.607. The molecule has 0 aliphatic carbocycles. The van der Waals surface area contributed by atoms with Crippen LogP contribution in [0.3, 0.4) is 0 Å². The van der Waals surface area contributed by atoms with Crippen molar-refractivity contribution in [3.63, 3.8) is 0 Å². The first-order valence-electron chi connectivity index (χ1n) is 11.5. The average Bonchev–Trinajstić information content (AvgIpc) is 3.54. The summed E-state index contributed by atoms with van der Waals surface area (Å²) in [5.41, 5.74) is 3.07. The lowest BCUT2D eigenvalue weighted by atomic mass is 9.77. The Bertz CT molecular complexity index is 1150. The number of β-amino-alcohol motifs (C(OH)–C–C–N with tert-alkyl or cyclic N) is 1. The van der Waals surface area contributed by atoms with Gasteiger partial charge in [0, 0.05) is 18.7 Å². The summed E-state index contributed by atoms with van der Waals surface area (Å²) >= 11 is 0. The van der Waals surface area contributed by atoms with Crippen molar-refractivity contribution < 1.29 is 19.4 Å². The monoisotopic (exact) mass is 468 g/mol. The number of cyclic esters (lactones) is 1. The first-order valence-corrected chi connectivity index (χ1v) is 11.5. The van der Waals surface area contributed by atoms with Crippen LogP contribution in [0, 0.1) is 19.3 Å². The molecule has 180 valence electrons. The van der Waals surface area contributed by atoms with Gasteiger partial charge < -0.3 is 19.6 Å². The molecule has 1 N–H and O–H groups in total. The van der Waals surface area contributed by atoms with Gasteiger partial charge in [0.15, 0.2) is 5.82 Å². The van der Waals surface area contributed by atoms with Crippen LogP contribution in [0.2, 0.25) is 0 Å². The summed E-state index contributed by atoms with van der Waals surface area (Å²) in [5, 5.41) is 30.5. The normalized spacial score (nSPS) is 21.6. The summed E-state index contributed by atoms with van der Waals surface area (Å²) < 4.78 is 6.55. The van der Waals surface area contributed by atoms with Crippen molar-refractivity contribution in [2.24, 2.45) is 5.41 Å². The molecule has 34 heavy (non-hydrogen) atoms. The van der Waals surface area contributed by atoms with E-state index in [2.05, 4.69) is 30.6 Å². The zero-order valence-corrected chi connectivity index (χ0v) is 19.6. The molecule has 2 fully saturated rings. The standard InChI is InChI=1S/C22H28N8O4/c1-13-14(2)19(30-12-23-26-27-30)25-24-18(13)17(31)10-28-7-4-22(5-8-28)6-9-29(21(22)33)16-11-34-20(32)15(16)3/h12,17,31H,4-11H2,1-3H3. The van der Waals surface area contributed by atoms with Crippen LogP contribution >= 0.6 is 0 Å². The van der Waals surface area contributed by atoms with E-state index in [0.29, 0.717) is 49.0 Å². The number of aliphatic hydroxyl groups is 1. The van der Waals surface area contributed by atoms with E-state index in [9.17, 15) is 14.7 Å². The Balaban J connectivity index is 1.23. The Morgan fingerprint density at radius 2 is 1.82 bits per heavy atom. The molecule has 3 aliphatic rings. The predicted octanol–water partition coefficient (Wildman–Crippen LogP) is 0.248. The SMILES string of the molecule is CC1=C(N2CCC3(CCN(CC(O)c4nnc(-n5cnnn5)c(C)c4C)CC3)C2=O)COC1=O. The van der Waals surface area contributed by atoms with Gasteiger partial charge in [0.05, 0.1) is 22.4 Å². The molecular formula is C22H28N8O4. The highest BCUT2D eigenvalue weighted by atomic mass is 16.5. The summed E-state index contributed by atoms with van der Waals surface area (Å²) in [6.07, 6.45) is 2.87. The van der Waals surface area contributed by atoms with Gasteiger partial charge in [-0.2, -0.15) is 9.78 Å². The number of aromatic nitrogens is 6. The van der Waals surface area contributed by atoms with Crippen molar-refractivity contribution in [2.45, 2.75) is 46.1 Å². The van der Waals surface area contributed by atoms with Crippen LogP contribution in [0.1, 0.15) is 49.1 Å². The maximum atomic E-state index is 13.3. The zero-order valence-electron chi connectivity index (χ0n) is 19.6. The van der Waals surface area contributed by atoms with Crippen LogP contribution in [-0.4, -0.2) is 90.0 Å². The molecule has 0 radical (unpaired) electrons. The minimum absolute atomic E-state index is 0.0934. The number of aliphatic hydroxyl groups excluding tert-OH is 1. The van der Waals surface area contributed by atoms with Crippen LogP contribution in [0.5, 0.6) is 0 Å². The van der Waals surface area contributed by atoms with E-state index >= 15 is 0 Å². The predicted molar refractivity (Wildman–Crippen MR) is 117 cm³/mol. The van der Waals surface area contributed by atoms with Gasteiger partial charge in [-0.1, -0.05) is 0 Å². The van der Waals surface area contributed by atoms with E-state index in [1.165, 1.54) is 11.0 Å². The number of tetrazole rings is 1. The maximum absolute atomic E-state index is 13.3. The van der Waals surface area contributed by atoms with Gasteiger partial charge in [0.25, 0.3) is 0 Å². The van der Waals surface area contributed by atoms with Gasteiger partial charge >= 0.3 is 5.97 Å². The Morgan fingerprint density at radius 1 is 1.09 bits per heavy atom. The molecule has 0 saturated carbocycles. The van der Waals surface area contributed by atoms with Crippen LogP contribution < -0.4 is 0 Å². The van der Waals surface area contributed by atoms with Gasteiger partial charge in [0.2, 0.25) is 5.91 Å². The smallest absolute Gasteiger partial charge is 0.336 e. The lowest BCUT2D eigenvalue weighted by molar-refractivity contribution is -0.138. The first kappa shape index (κ1) is 22.5. The number of hydrogen-bond donors (Lipinski definition) is 1. The van der Waals surface area contributed by atoms with Crippen molar-refractivity contribution in [2.75, 3.05) is 32.8 Å². The molecule has 1 spiro atoms. The number of likely N-dealkylation sites (tertiary alicyclic amines) is 2. The van der Waals surface area contributed by atoms with Gasteiger partial charge in [0.1, 0.15) is 19.0 Å². The largest absolute Gasteiger partial charge is 0.456 e. The molecular weight excluding hydrogens is 440 g/mol. The number of hydrogen-bond acceptors (Lipinski definition) is 10. The van der Waals surface area contributed by atoms with Crippen LogP contribution in [0.25, 0.3) is 5.82 Å². The lowest BCUT2D eigenvalue weighted by Crippen LogP contribution is -2.45. The number of nitrogens with zero attached hydrogens (tertiary/aromatic N) is 8. The molecule has 1 unspecified atom stereocenters. The molecule has 5 rings (SSSR count). The number of rotatable bonds is 5. The molecule has 2 saturated heterocycles. The molecule has 2 aromatic heterocycles. The Morgan fingerprint density at radius 3 is 2.47 bits per heavy atom. The van der Waals surface area contributed by atoms with Gasteiger partial charge in [-0.25, -0.2) is 4.79 Å². The second-order valence-electron chi connectivity index (χ2n) is 9.36. The van der Waals surface area contributed by atoms with E-state index in [-0.39, 0.29) is 18.5 Å². The lowest BCUT2D eigenvalue weighted by Gasteiger charge is -2.38. The molecule has 1 amide bonds. The second-order valence-corrected chi connectivity index (χ2v) is 9.36. The summed E-state index contributed by atoms with van der Waals surface area (Å²) in [4.78, 5) is 29.0. The number of ether oxygens (including phenoxy) is 1. The average molecular weight is 469 g/mol. The molecule has 1 atom stereocenters. The minimum atomic E-state index is -0.798. The summed E-state index contributed by atoms with van der Waals surface area (Å²) in [6.45, 7) is 8.15. The van der Waals surface area contributed by atoms with Crippen molar-refractivity contribution in [3.8, 4) is 5.82 Å². The molecule has 0 aromatic carbocycles. The molecule has 2 aromatic rings. The molecule has 5 heterocycles. The van der Waals surface area contributed by atoms with E-state index in [4.69, 9.17) is 4.74 Å². The van der Waals surface area contributed by atoms with E-state index < -0.39 is 11.5 Å². The molecule has 12 heteroatoms. The highest BCUT2D eigenvalue weighted by molar-refractivity contribution is 5.94. The van der Waals surface area contributed by atoms with Gasteiger partial charge in [-0.15, -0.1) is 10.2 Å². The number of esters is 1. The fourth-order valence-electron chi connectivity index (χ4n) is 5.19. The van der Waals surface area contributed by atoms with Crippen molar-refractivity contribution >= 4 is 11.9 Å². The Labute approximate surface area is 196 Å². The van der Waals surface area contributed by atoms with Crippen LogP contribution in [0.4, 0.5) is 0 Å². The first-order chi connectivity index (χ1) is 16.3. The van der Waals surface area contributed by atoms with Crippen molar-refractivity contribution in [1.29, 1.82) is 0 Å². The third-order valence-corrected chi connectivity index (χ3v) is 7.58. The fourth-order valence-corrected chi connectivity index (χ4v) is 5.19. The van der Waals surface area contributed by atoms with E-state index in [0.717, 1.165) is 30.4 Å². The summed E-state index contributed by atoms with van der Waals surface area (Å²) in [5.74, 6) is 0.283. The van der Waals surface area contributed by atoms with Gasteiger partial charge in [-0.3, -0.25) is 4.79 Å². The Kier molecular flexibility index (Phi) is 5.64. The number of carbonyl (C=O) groups excluding carboxylic acids is 2. The van der Waals surface area contributed by atoms with Gasteiger partial charge in [-0.05, 0) is 69.1 Å².